The Labute approximate surface area is 234 Å². The van der Waals surface area contributed by atoms with Crippen molar-refractivity contribution in [1.29, 1.82) is 0 Å². The molecule has 198 valence electrons. The number of para-hydroxylation sites is 1. The first-order valence-electron chi connectivity index (χ1n) is 13.5. The molecule has 3 heterocycles. The SMILES string of the molecule is O=C1N(CC2CCCO2)CN(c2ccccc2)C12CCN(C(c1ccccc1Cl)c1ccccc1Cl)CC2. The number of carbonyl (C=O) groups excluding carboxylic acids is 1. The lowest BCUT2D eigenvalue weighted by Gasteiger charge is -2.46. The fourth-order valence-electron chi connectivity index (χ4n) is 6.48. The van der Waals surface area contributed by atoms with Gasteiger partial charge in [0.15, 0.2) is 0 Å². The van der Waals surface area contributed by atoms with Gasteiger partial charge in [0.2, 0.25) is 5.91 Å². The highest BCUT2D eigenvalue weighted by Crippen LogP contribution is 2.44. The van der Waals surface area contributed by atoms with Crippen molar-refractivity contribution in [1.82, 2.24) is 9.80 Å². The van der Waals surface area contributed by atoms with Crippen LogP contribution in [0.25, 0.3) is 0 Å². The van der Waals surface area contributed by atoms with E-state index in [0.29, 0.717) is 13.2 Å². The quantitative estimate of drug-likeness (QED) is 0.356. The molecule has 1 unspecified atom stereocenters. The first-order chi connectivity index (χ1) is 18.6. The first-order valence-corrected chi connectivity index (χ1v) is 14.3. The van der Waals surface area contributed by atoms with E-state index in [0.717, 1.165) is 72.2 Å². The number of anilines is 1. The molecule has 3 aliphatic heterocycles. The van der Waals surface area contributed by atoms with E-state index in [1.54, 1.807) is 0 Å². The van der Waals surface area contributed by atoms with Gasteiger partial charge >= 0.3 is 0 Å². The number of nitrogens with zero attached hydrogens (tertiary/aromatic N) is 3. The molecule has 3 aromatic carbocycles. The first kappa shape index (κ1) is 25.7. The molecule has 0 saturated carbocycles. The number of rotatable bonds is 6. The molecule has 0 radical (unpaired) electrons. The van der Waals surface area contributed by atoms with Gasteiger partial charge in [-0.3, -0.25) is 9.69 Å². The van der Waals surface area contributed by atoms with Crippen molar-refractivity contribution < 1.29 is 9.53 Å². The van der Waals surface area contributed by atoms with Gasteiger partial charge in [0.1, 0.15) is 5.54 Å². The van der Waals surface area contributed by atoms with Crippen LogP contribution in [0.4, 0.5) is 5.69 Å². The van der Waals surface area contributed by atoms with Crippen molar-refractivity contribution >= 4 is 34.8 Å². The summed E-state index contributed by atoms with van der Waals surface area (Å²) >= 11 is 13.5. The third kappa shape index (κ3) is 4.71. The maximum absolute atomic E-state index is 14.1. The largest absolute Gasteiger partial charge is 0.376 e. The zero-order valence-electron chi connectivity index (χ0n) is 21.4. The number of piperidine rings is 1. The summed E-state index contributed by atoms with van der Waals surface area (Å²) in [6.07, 6.45) is 3.69. The number of ether oxygens (including phenoxy) is 1. The predicted molar refractivity (Wildman–Crippen MR) is 153 cm³/mol. The number of amides is 1. The van der Waals surface area contributed by atoms with Gasteiger partial charge in [0, 0.05) is 42.0 Å². The van der Waals surface area contributed by atoms with Crippen molar-refractivity contribution in [3.63, 3.8) is 0 Å². The number of hydrogen-bond acceptors (Lipinski definition) is 4. The lowest BCUT2D eigenvalue weighted by atomic mass is 9.83. The molecule has 3 aromatic rings. The van der Waals surface area contributed by atoms with Gasteiger partial charge in [0.05, 0.1) is 18.8 Å². The number of benzene rings is 3. The second-order valence-electron chi connectivity index (χ2n) is 10.6. The molecular weight excluding hydrogens is 517 g/mol. The van der Waals surface area contributed by atoms with Crippen molar-refractivity contribution in [2.24, 2.45) is 0 Å². The third-order valence-corrected chi connectivity index (χ3v) is 9.11. The van der Waals surface area contributed by atoms with Gasteiger partial charge in [-0.25, -0.2) is 0 Å². The van der Waals surface area contributed by atoms with E-state index in [1.165, 1.54) is 0 Å². The minimum atomic E-state index is -0.567. The van der Waals surface area contributed by atoms with Crippen LogP contribution in [0.2, 0.25) is 10.0 Å². The molecule has 0 aliphatic carbocycles. The summed E-state index contributed by atoms with van der Waals surface area (Å²) in [6.45, 7) is 3.56. The summed E-state index contributed by atoms with van der Waals surface area (Å²) < 4.78 is 5.90. The molecule has 7 heteroatoms. The van der Waals surface area contributed by atoms with E-state index < -0.39 is 5.54 Å². The Morgan fingerprint density at radius 1 is 0.868 bits per heavy atom. The highest BCUT2D eigenvalue weighted by atomic mass is 35.5. The van der Waals surface area contributed by atoms with Crippen LogP contribution in [0.15, 0.2) is 78.9 Å². The van der Waals surface area contributed by atoms with Crippen LogP contribution in [-0.2, 0) is 9.53 Å². The third-order valence-electron chi connectivity index (χ3n) is 8.42. The van der Waals surface area contributed by atoms with Gasteiger partial charge in [0.25, 0.3) is 0 Å². The van der Waals surface area contributed by atoms with Crippen molar-refractivity contribution in [2.75, 3.05) is 37.8 Å². The molecular formula is C31H33Cl2N3O2. The Kier molecular flexibility index (Phi) is 7.37. The van der Waals surface area contributed by atoms with Crippen LogP contribution in [0.3, 0.4) is 0 Å². The van der Waals surface area contributed by atoms with Gasteiger partial charge in [-0.15, -0.1) is 0 Å². The zero-order valence-corrected chi connectivity index (χ0v) is 23.0. The van der Waals surface area contributed by atoms with Crippen LogP contribution >= 0.6 is 23.2 Å². The van der Waals surface area contributed by atoms with Gasteiger partial charge in [-0.2, -0.15) is 0 Å². The number of halogens is 2. The Hall–Kier alpha value is -2.57. The van der Waals surface area contributed by atoms with Crippen molar-refractivity contribution in [3.8, 4) is 0 Å². The van der Waals surface area contributed by atoms with E-state index in [1.807, 2.05) is 47.4 Å². The summed E-state index contributed by atoms with van der Waals surface area (Å²) in [7, 11) is 0. The molecule has 0 aromatic heterocycles. The number of likely N-dealkylation sites (tertiary alicyclic amines) is 1. The van der Waals surface area contributed by atoms with Crippen LogP contribution < -0.4 is 4.90 Å². The van der Waals surface area contributed by atoms with E-state index in [4.69, 9.17) is 27.9 Å². The van der Waals surface area contributed by atoms with Crippen molar-refractivity contribution in [3.05, 3.63) is 100 Å². The molecule has 1 atom stereocenters. The molecule has 0 N–H and O–H groups in total. The van der Waals surface area contributed by atoms with Crippen LogP contribution in [0.1, 0.15) is 42.9 Å². The van der Waals surface area contributed by atoms with Crippen LogP contribution in [-0.4, -0.2) is 60.3 Å². The zero-order chi connectivity index (χ0) is 26.1. The van der Waals surface area contributed by atoms with Crippen molar-refractivity contribution in [2.45, 2.75) is 43.4 Å². The Morgan fingerprint density at radius 3 is 2.05 bits per heavy atom. The summed E-state index contributed by atoms with van der Waals surface area (Å²) in [5, 5.41) is 1.45. The number of hydrogen-bond donors (Lipinski definition) is 0. The molecule has 3 fully saturated rings. The highest BCUT2D eigenvalue weighted by molar-refractivity contribution is 6.32. The molecule has 0 bridgehead atoms. The lowest BCUT2D eigenvalue weighted by Crippen LogP contribution is -2.57. The fourth-order valence-corrected chi connectivity index (χ4v) is 6.96. The maximum Gasteiger partial charge on any atom is 0.250 e. The molecule has 6 rings (SSSR count). The van der Waals surface area contributed by atoms with E-state index >= 15 is 0 Å². The Morgan fingerprint density at radius 2 is 1.47 bits per heavy atom. The van der Waals surface area contributed by atoms with Gasteiger partial charge in [-0.05, 0) is 61.1 Å². The van der Waals surface area contributed by atoms with E-state index in [2.05, 4.69) is 46.2 Å². The molecule has 1 amide bonds. The minimum Gasteiger partial charge on any atom is -0.376 e. The Balaban J connectivity index is 1.31. The second-order valence-corrected chi connectivity index (χ2v) is 11.4. The average molecular weight is 551 g/mol. The monoisotopic (exact) mass is 549 g/mol. The van der Waals surface area contributed by atoms with E-state index in [9.17, 15) is 4.79 Å². The predicted octanol–water partition coefficient (Wildman–Crippen LogP) is 6.40. The molecule has 3 saturated heterocycles. The molecule has 5 nitrogen and oxygen atoms in total. The van der Waals surface area contributed by atoms with E-state index in [-0.39, 0.29) is 18.1 Å². The molecule has 38 heavy (non-hydrogen) atoms. The summed E-state index contributed by atoms with van der Waals surface area (Å²) in [4.78, 5) is 20.9. The Bertz CT molecular complexity index is 1230. The minimum absolute atomic E-state index is 0.0839. The average Bonchev–Trinajstić information content (AvgIpc) is 3.55. The van der Waals surface area contributed by atoms with Gasteiger partial charge in [-0.1, -0.05) is 77.8 Å². The summed E-state index contributed by atoms with van der Waals surface area (Å²) in [5.41, 5.74) is 2.60. The smallest absolute Gasteiger partial charge is 0.250 e. The standard InChI is InChI=1S/C31H33Cl2N3O2/c32-27-14-6-4-12-25(27)29(26-13-5-7-15-28(26)33)34-18-16-31(17-19-34)30(37)35(21-24-11-8-20-38-24)22-36(31)23-9-2-1-3-10-23/h1-7,9-10,12-15,24,29H,8,11,16-22H2. The van der Waals surface area contributed by atoms with Crippen LogP contribution in [0, 0.1) is 0 Å². The van der Waals surface area contributed by atoms with Crippen LogP contribution in [0.5, 0.6) is 0 Å². The normalized spacial score (nSPS) is 21.7. The fraction of sp³-hybridized carbons (Fsp3) is 0.387. The molecule has 1 spiro atoms. The number of carbonyl (C=O) groups is 1. The lowest BCUT2D eigenvalue weighted by molar-refractivity contribution is -0.135. The topological polar surface area (TPSA) is 36.0 Å². The molecule has 3 aliphatic rings. The maximum atomic E-state index is 14.1. The van der Waals surface area contributed by atoms with Gasteiger partial charge < -0.3 is 14.5 Å². The summed E-state index contributed by atoms with van der Waals surface area (Å²) in [5.74, 6) is 0.226. The highest BCUT2D eigenvalue weighted by Gasteiger charge is 2.54. The summed E-state index contributed by atoms with van der Waals surface area (Å²) in [6, 6.07) is 26.3. The second kappa shape index (κ2) is 10.9.